The summed E-state index contributed by atoms with van der Waals surface area (Å²) >= 11 is 5.52. The molecule has 0 aromatic carbocycles. The van der Waals surface area contributed by atoms with E-state index in [0.717, 1.165) is 0 Å². The van der Waals surface area contributed by atoms with Gasteiger partial charge in [0.1, 0.15) is 5.82 Å². The van der Waals surface area contributed by atoms with Crippen LogP contribution in [-0.4, -0.2) is 29.5 Å². The summed E-state index contributed by atoms with van der Waals surface area (Å²) in [4.78, 5) is 7.76. The third kappa shape index (κ3) is 2.89. The smallest absolute Gasteiger partial charge is 0.198 e. The highest BCUT2D eigenvalue weighted by molar-refractivity contribution is 7.92. The topological polar surface area (TPSA) is 59.9 Å². The van der Waals surface area contributed by atoms with Crippen LogP contribution in [0, 0.1) is 6.92 Å². The van der Waals surface area contributed by atoms with Gasteiger partial charge < -0.3 is 0 Å². The van der Waals surface area contributed by atoms with E-state index >= 15 is 0 Å². The summed E-state index contributed by atoms with van der Waals surface area (Å²) in [7, 11) is -3.36. The first-order chi connectivity index (χ1) is 6.98. The highest BCUT2D eigenvalue weighted by atomic mass is 35.5. The van der Waals surface area contributed by atoms with Gasteiger partial charge in [0.05, 0.1) is 5.25 Å². The number of alkyl halides is 1. The fourth-order valence-electron chi connectivity index (χ4n) is 1.11. The molecule has 0 fully saturated rings. The largest absolute Gasteiger partial charge is 0.242 e. The third-order valence-electron chi connectivity index (χ3n) is 2.09. The lowest BCUT2D eigenvalue weighted by molar-refractivity contribution is 0.576. The number of hydrogen-bond acceptors (Lipinski definition) is 4. The highest BCUT2D eigenvalue weighted by Gasteiger charge is 2.24. The van der Waals surface area contributed by atoms with E-state index in [-0.39, 0.29) is 5.03 Å². The lowest BCUT2D eigenvalue weighted by Crippen LogP contribution is -2.20. The zero-order chi connectivity index (χ0) is 11.5. The molecule has 1 aromatic heterocycles. The molecule has 0 aliphatic rings. The molecule has 0 saturated heterocycles. The molecule has 0 saturated carbocycles. The lowest BCUT2D eigenvalue weighted by Gasteiger charge is -2.10. The minimum absolute atomic E-state index is 0.0765. The van der Waals surface area contributed by atoms with E-state index in [9.17, 15) is 8.42 Å². The molecule has 6 heteroatoms. The molecule has 15 heavy (non-hydrogen) atoms. The highest BCUT2D eigenvalue weighted by Crippen LogP contribution is 2.16. The maximum absolute atomic E-state index is 11.9. The molecule has 0 amide bonds. The van der Waals surface area contributed by atoms with E-state index in [4.69, 9.17) is 11.6 Å². The molecule has 1 aromatic rings. The van der Waals surface area contributed by atoms with Crippen LogP contribution in [0.4, 0.5) is 0 Å². The van der Waals surface area contributed by atoms with E-state index in [0.29, 0.717) is 18.1 Å². The van der Waals surface area contributed by atoms with Crippen molar-refractivity contribution in [1.29, 1.82) is 0 Å². The Labute approximate surface area is 94.6 Å². The van der Waals surface area contributed by atoms with Gasteiger partial charge >= 0.3 is 0 Å². The molecule has 0 radical (unpaired) electrons. The summed E-state index contributed by atoms with van der Waals surface area (Å²) in [5.74, 6) is 0.777. The summed E-state index contributed by atoms with van der Waals surface area (Å²) < 4.78 is 23.9. The van der Waals surface area contributed by atoms with Crippen LogP contribution in [0.15, 0.2) is 17.3 Å². The molecule has 4 nitrogen and oxygen atoms in total. The molecule has 1 atom stereocenters. The first-order valence-corrected chi connectivity index (χ1v) is 6.66. The number of sulfone groups is 1. The van der Waals surface area contributed by atoms with Crippen molar-refractivity contribution in [2.75, 3.05) is 5.88 Å². The number of halogens is 1. The first kappa shape index (κ1) is 12.4. The van der Waals surface area contributed by atoms with Crippen LogP contribution in [0.3, 0.4) is 0 Å². The number of nitrogens with zero attached hydrogens (tertiary/aromatic N) is 2. The molecular formula is C9H13ClN2O2S. The van der Waals surface area contributed by atoms with E-state index in [1.165, 1.54) is 12.3 Å². The van der Waals surface area contributed by atoms with Gasteiger partial charge in [-0.1, -0.05) is 0 Å². The summed E-state index contributed by atoms with van der Waals surface area (Å²) in [6.07, 6.45) is 1.87. The van der Waals surface area contributed by atoms with Gasteiger partial charge in [0.2, 0.25) is 0 Å². The molecule has 1 heterocycles. The van der Waals surface area contributed by atoms with Crippen LogP contribution in [0.5, 0.6) is 0 Å². The predicted molar refractivity (Wildman–Crippen MR) is 58.8 cm³/mol. The Morgan fingerprint density at radius 3 is 2.73 bits per heavy atom. The standard InChI is InChI=1S/C9H13ClN2O2S/c1-7(3-5-10)15(13,14)9-4-6-11-8(2)12-9/h4,6-7H,3,5H2,1-2H3. The minimum Gasteiger partial charge on any atom is -0.242 e. The van der Waals surface area contributed by atoms with Crippen LogP contribution in [0.1, 0.15) is 19.2 Å². The Morgan fingerprint density at radius 1 is 1.53 bits per heavy atom. The number of rotatable bonds is 4. The minimum atomic E-state index is -3.36. The number of aromatic nitrogens is 2. The first-order valence-electron chi connectivity index (χ1n) is 4.58. The third-order valence-corrected chi connectivity index (χ3v) is 4.41. The number of hydrogen-bond donors (Lipinski definition) is 0. The quantitative estimate of drug-likeness (QED) is 0.600. The van der Waals surface area contributed by atoms with Crippen LogP contribution in [-0.2, 0) is 9.84 Å². The van der Waals surface area contributed by atoms with Gasteiger partial charge in [0, 0.05) is 12.1 Å². The molecule has 0 N–H and O–H groups in total. The summed E-state index contributed by atoms with van der Waals surface area (Å²) in [6, 6.07) is 1.41. The summed E-state index contributed by atoms with van der Waals surface area (Å²) in [5, 5.41) is -0.433. The van der Waals surface area contributed by atoms with Crippen LogP contribution in [0.2, 0.25) is 0 Å². The Bertz CT molecular complexity index is 433. The van der Waals surface area contributed by atoms with E-state index in [1.54, 1.807) is 13.8 Å². The normalized spacial score (nSPS) is 13.8. The maximum Gasteiger partial charge on any atom is 0.198 e. The van der Waals surface area contributed by atoms with Crippen molar-refractivity contribution in [3.63, 3.8) is 0 Å². The van der Waals surface area contributed by atoms with Crippen molar-refractivity contribution in [3.8, 4) is 0 Å². The van der Waals surface area contributed by atoms with Crippen molar-refractivity contribution in [2.24, 2.45) is 0 Å². The Balaban J connectivity index is 3.06. The fraction of sp³-hybridized carbons (Fsp3) is 0.556. The predicted octanol–water partition coefficient (Wildman–Crippen LogP) is 1.58. The van der Waals surface area contributed by atoms with Gasteiger partial charge in [-0.25, -0.2) is 18.4 Å². The zero-order valence-corrected chi connectivity index (χ0v) is 10.2. The van der Waals surface area contributed by atoms with E-state index in [1.807, 2.05) is 0 Å². The van der Waals surface area contributed by atoms with Crippen molar-refractivity contribution >= 4 is 21.4 Å². The van der Waals surface area contributed by atoms with Crippen LogP contribution < -0.4 is 0 Å². The maximum atomic E-state index is 11.9. The average molecular weight is 249 g/mol. The Morgan fingerprint density at radius 2 is 2.20 bits per heavy atom. The van der Waals surface area contributed by atoms with E-state index < -0.39 is 15.1 Å². The molecule has 1 unspecified atom stereocenters. The van der Waals surface area contributed by atoms with Gasteiger partial charge in [0.15, 0.2) is 14.9 Å². The molecule has 0 aliphatic heterocycles. The Kier molecular flexibility index (Phi) is 4.04. The molecule has 0 aliphatic carbocycles. The second-order valence-corrected chi connectivity index (χ2v) is 5.97. The van der Waals surface area contributed by atoms with Crippen LogP contribution in [0.25, 0.3) is 0 Å². The van der Waals surface area contributed by atoms with Gasteiger partial charge in [-0.15, -0.1) is 11.6 Å². The number of aryl methyl sites for hydroxylation is 1. The molecule has 1 rings (SSSR count). The summed E-state index contributed by atoms with van der Waals surface area (Å²) in [6.45, 7) is 3.29. The van der Waals surface area contributed by atoms with Gasteiger partial charge in [-0.3, -0.25) is 0 Å². The van der Waals surface area contributed by atoms with Gasteiger partial charge in [0.25, 0.3) is 0 Å². The lowest BCUT2D eigenvalue weighted by atomic mass is 10.4. The Hall–Kier alpha value is -0.680. The van der Waals surface area contributed by atoms with Gasteiger partial charge in [-0.2, -0.15) is 0 Å². The average Bonchev–Trinajstić information content (AvgIpc) is 2.18. The fourth-order valence-corrected chi connectivity index (χ4v) is 2.91. The monoisotopic (exact) mass is 248 g/mol. The second-order valence-electron chi connectivity index (χ2n) is 3.28. The van der Waals surface area contributed by atoms with Crippen molar-refractivity contribution < 1.29 is 8.42 Å². The van der Waals surface area contributed by atoms with Gasteiger partial charge in [-0.05, 0) is 26.3 Å². The van der Waals surface area contributed by atoms with Crippen molar-refractivity contribution in [1.82, 2.24) is 9.97 Å². The van der Waals surface area contributed by atoms with Crippen molar-refractivity contribution in [2.45, 2.75) is 30.5 Å². The van der Waals surface area contributed by atoms with Crippen LogP contribution >= 0.6 is 11.6 Å². The summed E-state index contributed by atoms with van der Waals surface area (Å²) in [5.41, 5.74) is 0. The SMILES string of the molecule is Cc1nccc(S(=O)(=O)C(C)CCCl)n1. The van der Waals surface area contributed by atoms with Crippen molar-refractivity contribution in [3.05, 3.63) is 18.1 Å². The molecule has 0 bridgehead atoms. The zero-order valence-electron chi connectivity index (χ0n) is 8.64. The van der Waals surface area contributed by atoms with E-state index in [2.05, 4.69) is 9.97 Å². The molecular weight excluding hydrogens is 236 g/mol. The molecule has 84 valence electrons. The molecule has 0 spiro atoms. The second kappa shape index (κ2) is 4.90.